The summed E-state index contributed by atoms with van der Waals surface area (Å²) in [5.74, 6) is -0.117. The molecule has 0 aromatic heterocycles. The van der Waals surface area contributed by atoms with Crippen molar-refractivity contribution in [1.29, 1.82) is 0 Å². The third-order valence-electron chi connectivity index (χ3n) is 1.36. The maximum absolute atomic E-state index is 10.2. The first-order valence-electron chi connectivity index (χ1n) is 2.62. The van der Waals surface area contributed by atoms with Crippen molar-refractivity contribution in [1.82, 2.24) is 0 Å². The maximum atomic E-state index is 10.2. The van der Waals surface area contributed by atoms with Crippen molar-refractivity contribution in [2.75, 3.05) is 0 Å². The van der Waals surface area contributed by atoms with Gasteiger partial charge in [0.1, 0.15) is 0 Å². The van der Waals surface area contributed by atoms with Gasteiger partial charge in [-0.05, 0) is 17.4 Å². The van der Waals surface area contributed by atoms with E-state index in [0.717, 1.165) is 12.8 Å². The molecule has 1 aliphatic rings. The zero-order valence-electron chi connectivity index (χ0n) is 4.45. The molecule has 1 fully saturated rings. The van der Waals surface area contributed by atoms with Crippen LogP contribution in [-0.4, -0.2) is 10.7 Å². The fourth-order valence-corrected chi connectivity index (χ4v) is 1.28. The van der Waals surface area contributed by atoms with Crippen LogP contribution < -0.4 is 5.73 Å². The minimum Gasteiger partial charge on any atom is -0.285 e. The molecule has 0 amide bonds. The molecule has 1 aliphatic carbocycles. The summed E-state index contributed by atoms with van der Waals surface area (Å²) in [6, 6.07) is 0. The Kier molecular flexibility index (Phi) is 1.61. The first kappa shape index (κ1) is 6.14. The SMILES string of the molecule is NC(C1CC1)[P+](=O)O. The summed E-state index contributed by atoms with van der Waals surface area (Å²) in [6.45, 7) is 0. The van der Waals surface area contributed by atoms with E-state index < -0.39 is 13.8 Å². The molecule has 0 heterocycles. The van der Waals surface area contributed by atoms with Crippen LogP contribution in [0.1, 0.15) is 12.8 Å². The van der Waals surface area contributed by atoms with E-state index in [1.165, 1.54) is 0 Å². The van der Waals surface area contributed by atoms with Gasteiger partial charge < -0.3 is 0 Å². The summed E-state index contributed by atoms with van der Waals surface area (Å²) in [5.41, 5.74) is 5.29. The van der Waals surface area contributed by atoms with Crippen LogP contribution in [0.25, 0.3) is 0 Å². The van der Waals surface area contributed by atoms with Gasteiger partial charge in [-0.25, -0.2) is 0 Å². The molecule has 3 N–H and O–H groups in total. The van der Waals surface area contributed by atoms with Crippen LogP contribution in [0.15, 0.2) is 0 Å². The maximum Gasteiger partial charge on any atom is 0.524 e. The predicted octanol–water partition coefficient (Wildman–Crippen LogP) is 0.416. The van der Waals surface area contributed by atoms with E-state index in [1.54, 1.807) is 0 Å². The van der Waals surface area contributed by atoms with E-state index in [4.69, 9.17) is 10.6 Å². The number of rotatable bonds is 2. The molecule has 0 radical (unpaired) electrons. The van der Waals surface area contributed by atoms with Crippen LogP contribution in [0.2, 0.25) is 0 Å². The van der Waals surface area contributed by atoms with E-state index in [-0.39, 0.29) is 0 Å². The van der Waals surface area contributed by atoms with Crippen molar-refractivity contribution in [2.24, 2.45) is 11.7 Å². The van der Waals surface area contributed by atoms with E-state index in [0.29, 0.717) is 5.92 Å². The first-order chi connectivity index (χ1) is 3.72. The minimum absolute atomic E-state index is 0.337. The fraction of sp³-hybridized carbons (Fsp3) is 1.00. The highest BCUT2D eigenvalue weighted by Crippen LogP contribution is 2.40. The molecule has 46 valence electrons. The van der Waals surface area contributed by atoms with E-state index in [9.17, 15) is 4.57 Å². The molecule has 0 aliphatic heterocycles. The van der Waals surface area contributed by atoms with Gasteiger partial charge in [0.25, 0.3) is 0 Å². The van der Waals surface area contributed by atoms with Crippen molar-refractivity contribution < 1.29 is 9.46 Å². The van der Waals surface area contributed by atoms with Crippen molar-refractivity contribution in [3.8, 4) is 0 Å². The van der Waals surface area contributed by atoms with Crippen LogP contribution >= 0.6 is 8.03 Å². The Hall–Kier alpha value is 0.0200. The van der Waals surface area contributed by atoms with Crippen molar-refractivity contribution in [3.05, 3.63) is 0 Å². The van der Waals surface area contributed by atoms with Gasteiger partial charge in [0.2, 0.25) is 5.78 Å². The fourth-order valence-electron chi connectivity index (χ4n) is 0.618. The molecule has 0 bridgehead atoms. The van der Waals surface area contributed by atoms with Gasteiger partial charge in [-0.15, -0.1) is 0 Å². The lowest BCUT2D eigenvalue weighted by Crippen LogP contribution is -2.16. The van der Waals surface area contributed by atoms with Gasteiger partial charge in [-0.2, -0.15) is 4.89 Å². The van der Waals surface area contributed by atoms with E-state index in [1.807, 2.05) is 0 Å². The summed E-state index contributed by atoms with van der Waals surface area (Å²) in [6.07, 6.45) is 2.06. The summed E-state index contributed by atoms with van der Waals surface area (Å²) in [7, 11) is -2.11. The Labute approximate surface area is 48.8 Å². The molecular weight excluding hydrogens is 125 g/mol. The Bertz CT molecular complexity index is 113. The molecular formula is C4H9NO2P+. The summed E-state index contributed by atoms with van der Waals surface area (Å²) < 4.78 is 10.2. The third-order valence-corrected chi connectivity index (χ3v) is 2.29. The second-order valence-electron chi connectivity index (χ2n) is 2.13. The molecule has 3 nitrogen and oxygen atoms in total. The molecule has 4 heteroatoms. The lowest BCUT2D eigenvalue weighted by molar-refractivity contribution is 0.482. The largest absolute Gasteiger partial charge is 0.524 e. The second-order valence-corrected chi connectivity index (χ2v) is 3.33. The molecule has 0 saturated heterocycles. The highest BCUT2D eigenvalue weighted by atomic mass is 31.1. The van der Waals surface area contributed by atoms with Gasteiger partial charge in [0.15, 0.2) is 0 Å². The summed E-state index contributed by atoms with van der Waals surface area (Å²) in [4.78, 5) is 8.42. The van der Waals surface area contributed by atoms with Crippen molar-refractivity contribution in [3.63, 3.8) is 0 Å². The van der Waals surface area contributed by atoms with Crippen molar-refractivity contribution in [2.45, 2.75) is 18.6 Å². The highest BCUT2D eigenvalue weighted by molar-refractivity contribution is 7.38. The predicted molar refractivity (Wildman–Crippen MR) is 30.5 cm³/mol. The molecule has 2 unspecified atom stereocenters. The standard InChI is InChI=1S/C4H8NO2P/c5-4(8(6)7)3-1-2-3/h3-4H,1-2,5H2/p+1. The average Bonchev–Trinajstić information content (AvgIpc) is 2.43. The molecule has 0 aromatic carbocycles. The van der Waals surface area contributed by atoms with E-state index >= 15 is 0 Å². The lowest BCUT2D eigenvalue weighted by Gasteiger charge is -1.87. The topological polar surface area (TPSA) is 63.3 Å². The number of hydrogen-bond acceptors (Lipinski definition) is 2. The smallest absolute Gasteiger partial charge is 0.285 e. The monoisotopic (exact) mass is 134 g/mol. The van der Waals surface area contributed by atoms with Gasteiger partial charge in [-0.3, -0.25) is 5.73 Å². The minimum atomic E-state index is -2.11. The molecule has 0 spiro atoms. The van der Waals surface area contributed by atoms with Gasteiger partial charge in [0, 0.05) is 5.92 Å². The first-order valence-corrected chi connectivity index (χ1v) is 3.91. The van der Waals surface area contributed by atoms with Crippen LogP contribution in [0.4, 0.5) is 0 Å². The second kappa shape index (κ2) is 2.09. The number of hydrogen-bond donors (Lipinski definition) is 2. The quantitative estimate of drug-likeness (QED) is 0.538. The zero-order chi connectivity index (χ0) is 6.15. The highest BCUT2D eigenvalue weighted by Gasteiger charge is 2.40. The third kappa shape index (κ3) is 1.25. The van der Waals surface area contributed by atoms with Crippen LogP contribution in [0.3, 0.4) is 0 Å². The van der Waals surface area contributed by atoms with E-state index in [2.05, 4.69) is 0 Å². The molecule has 2 atom stereocenters. The Morgan fingerprint density at radius 1 is 1.75 bits per heavy atom. The molecule has 1 rings (SSSR count). The Morgan fingerprint density at radius 3 is 2.38 bits per heavy atom. The lowest BCUT2D eigenvalue weighted by atomic mass is 10.4. The van der Waals surface area contributed by atoms with Gasteiger partial charge in [-0.1, -0.05) is 0 Å². The van der Waals surface area contributed by atoms with Crippen LogP contribution in [0.5, 0.6) is 0 Å². The average molecular weight is 134 g/mol. The van der Waals surface area contributed by atoms with Gasteiger partial charge in [0.05, 0.1) is 0 Å². The van der Waals surface area contributed by atoms with Gasteiger partial charge >= 0.3 is 8.03 Å². The number of nitrogens with two attached hydrogens (primary N) is 1. The normalized spacial score (nSPS) is 25.0. The van der Waals surface area contributed by atoms with Crippen LogP contribution in [0, 0.1) is 5.92 Å². The molecule has 0 aromatic rings. The Balaban J connectivity index is 2.32. The summed E-state index contributed by atoms with van der Waals surface area (Å²) >= 11 is 0. The Morgan fingerprint density at radius 2 is 2.25 bits per heavy atom. The zero-order valence-corrected chi connectivity index (χ0v) is 5.34. The molecule has 1 saturated carbocycles. The van der Waals surface area contributed by atoms with Crippen LogP contribution in [-0.2, 0) is 4.57 Å². The van der Waals surface area contributed by atoms with Crippen molar-refractivity contribution >= 4 is 8.03 Å². The molecule has 8 heavy (non-hydrogen) atoms. The summed E-state index contributed by atoms with van der Waals surface area (Å²) in [5, 5.41) is 0.